The van der Waals surface area contributed by atoms with Crippen molar-refractivity contribution in [2.24, 2.45) is 5.92 Å². The van der Waals surface area contributed by atoms with E-state index in [0.717, 1.165) is 48.6 Å². The first kappa shape index (κ1) is 14.8. The molecule has 0 radical (unpaired) electrons. The zero-order valence-corrected chi connectivity index (χ0v) is 12.3. The van der Waals surface area contributed by atoms with Crippen molar-refractivity contribution in [3.63, 3.8) is 0 Å². The van der Waals surface area contributed by atoms with Gasteiger partial charge in [0.05, 0.1) is 12.8 Å². The van der Waals surface area contributed by atoms with Crippen molar-refractivity contribution in [1.82, 2.24) is 9.88 Å². The SMILES string of the molecule is COc1c(C)cnc(CN2CCC(CC(=O)O)C2)c1C. The third-order valence-electron chi connectivity index (χ3n) is 3.96. The standard InChI is InChI=1S/C15H22N2O3/c1-10-7-16-13(11(2)15(10)20-3)9-17-5-4-12(8-17)6-14(18)19/h7,12H,4-6,8-9H2,1-3H3,(H,18,19). The van der Waals surface area contributed by atoms with E-state index in [1.165, 1.54) is 0 Å². The number of rotatable bonds is 5. The molecule has 5 heteroatoms. The number of aliphatic carboxylic acids is 1. The number of methoxy groups -OCH3 is 1. The molecule has 1 atom stereocenters. The summed E-state index contributed by atoms with van der Waals surface area (Å²) in [5.41, 5.74) is 3.14. The number of aromatic nitrogens is 1. The molecule has 1 aliphatic rings. The topological polar surface area (TPSA) is 62.7 Å². The number of carboxylic acids is 1. The highest BCUT2D eigenvalue weighted by Gasteiger charge is 2.25. The van der Waals surface area contributed by atoms with Crippen LogP contribution in [0.1, 0.15) is 29.7 Å². The lowest BCUT2D eigenvalue weighted by atomic mass is 10.1. The number of carbonyl (C=O) groups is 1. The van der Waals surface area contributed by atoms with Crippen molar-refractivity contribution >= 4 is 5.97 Å². The molecule has 2 heterocycles. The van der Waals surface area contributed by atoms with E-state index in [9.17, 15) is 4.79 Å². The van der Waals surface area contributed by atoms with Crippen LogP contribution in [0.5, 0.6) is 5.75 Å². The average Bonchev–Trinajstić information content (AvgIpc) is 2.80. The van der Waals surface area contributed by atoms with Crippen molar-refractivity contribution in [3.8, 4) is 5.75 Å². The average molecular weight is 278 g/mol. The zero-order valence-electron chi connectivity index (χ0n) is 12.3. The molecule has 5 nitrogen and oxygen atoms in total. The van der Waals surface area contributed by atoms with Crippen LogP contribution in [0.4, 0.5) is 0 Å². The number of hydrogen-bond donors (Lipinski definition) is 1. The summed E-state index contributed by atoms with van der Waals surface area (Å²) in [6.07, 6.45) is 3.06. The van der Waals surface area contributed by atoms with Crippen molar-refractivity contribution < 1.29 is 14.6 Å². The molecule has 0 amide bonds. The molecule has 1 aliphatic heterocycles. The maximum Gasteiger partial charge on any atom is 0.303 e. The molecule has 110 valence electrons. The molecule has 0 spiro atoms. The molecule has 1 N–H and O–H groups in total. The Balaban J connectivity index is 2.03. The van der Waals surface area contributed by atoms with E-state index in [0.29, 0.717) is 0 Å². The van der Waals surface area contributed by atoms with Gasteiger partial charge in [-0.2, -0.15) is 0 Å². The van der Waals surface area contributed by atoms with Crippen molar-refractivity contribution in [2.45, 2.75) is 33.2 Å². The van der Waals surface area contributed by atoms with E-state index < -0.39 is 5.97 Å². The smallest absolute Gasteiger partial charge is 0.303 e. The summed E-state index contributed by atoms with van der Waals surface area (Å²) in [5.74, 6) is 0.458. The predicted octanol–water partition coefficient (Wildman–Crippen LogP) is 2.00. The van der Waals surface area contributed by atoms with Gasteiger partial charge in [0.15, 0.2) is 0 Å². The number of aryl methyl sites for hydroxylation is 1. The second-order valence-electron chi connectivity index (χ2n) is 5.53. The fourth-order valence-electron chi connectivity index (χ4n) is 2.91. The van der Waals surface area contributed by atoms with Gasteiger partial charge in [0.25, 0.3) is 0 Å². The molecule has 1 unspecified atom stereocenters. The zero-order chi connectivity index (χ0) is 14.7. The Hall–Kier alpha value is -1.62. The van der Waals surface area contributed by atoms with Gasteiger partial charge in [-0.25, -0.2) is 0 Å². The fraction of sp³-hybridized carbons (Fsp3) is 0.600. The Bertz CT molecular complexity index is 502. The molecule has 1 saturated heterocycles. The largest absolute Gasteiger partial charge is 0.496 e. The maximum absolute atomic E-state index is 10.7. The molecule has 1 fully saturated rings. The number of likely N-dealkylation sites (tertiary alicyclic amines) is 1. The van der Waals surface area contributed by atoms with E-state index >= 15 is 0 Å². The molecule has 0 aliphatic carbocycles. The third-order valence-corrected chi connectivity index (χ3v) is 3.96. The molecule has 2 rings (SSSR count). The summed E-state index contributed by atoms with van der Waals surface area (Å²) in [7, 11) is 1.68. The van der Waals surface area contributed by atoms with E-state index in [4.69, 9.17) is 9.84 Å². The molecular formula is C15H22N2O3. The van der Waals surface area contributed by atoms with Gasteiger partial charge in [-0.05, 0) is 32.7 Å². The Morgan fingerprint density at radius 3 is 2.95 bits per heavy atom. The monoisotopic (exact) mass is 278 g/mol. The highest BCUT2D eigenvalue weighted by atomic mass is 16.5. The number of nitrogens with zero attached hydrogens (tertiary/aromatic N) is 2. The van der Waals surface area contributed by atoms with E-state index in [1.54, 1.807) is 7.11 Å². The summed E-state index contributed by atoms with van der Waals surface area (Å²) in [6.45, 7) is 6.55. The van der Waals surface area contributed by atoms with E-state index in [1.807, 2.05) is 20.0 Å². The van der Waals surface area contributed by atoms with Crippen LogP contribution >= 0.6 is 0 Å². The molecule has 1 aromatic heterocycles. The fourth-order valence-corrected chi connectivity index (χ4v) is 2.91. The minimum absolute atomic E-state index is 0.264. The summed E-state index contributed by atoms with van der Waals surface area (Å²) in [6, 6.07) is 0. The predicted molar refractivity (Wildman–Crippen MR) is 75.9 cm³/mol. The second kappa shape index (κ2) is 6.22. The van der Waals surface area contributed by atoms with Crippen LogP contribution in [0.15, 0.2) is 6.20 Å². The number of hydrogen-bond acceptors (Lipinski definition) is 4. The van der Waals surface area contributed by atoms with E-state index in [-0.39, 0.29) is 12.3 Å². The number of ether oxygens (including phenoxy) is 1. The summed E-state index contributed by atoms with van der Waals surface area (Å²) in [4.78, 5) is 17.5. The van der Waals surface area contributed by atoms with Crippen LogP contribution in [-0.4, -0.2) is 41.2 Å². The molecule has 0 aromatic carbocycles. The van der Waals surface area contributed by atoms with Gasteiger partial charge in [-0.3, -0.25) is 14.7 Å². The van der Waals surface area contributed by atoms with Gasteiger partial charge >= 0.3 is 5.97 Å². The van der Waals surface area contributed by atoms with Crippen LogP contribution in [0.3, 0.4) is 0 Å². The van der Waals surface area contributed by atoms with Gasteiger partial charge in [-0.15, -0.1) is 0 Å². The van der Waals surface area contributed by atoms with E-state index in [2.05, 4.69) is 9.88 Å². The van der Waals surface area contributed by atoms with Crippen molar-refractivity contribution in [1.29, 1.82) is 0 Å². The Morgan fingerprint density at radius 1 is 1.55 bits per heavy atom. The lowest BCUT2D eigenvalue weighted by Gasteiger charge is -2.18. The van der Waals surface area contributed by atoms with Gasteiger partial charge < -0.3 is 9.84 Å². The Morgan fingerprint density at radius 2 is 2.30 bits per heavy atom. The van der Waals surface area contributed by atoms with Crippen molar-refractivity contribution in [2.75, 3.05) is 20.2 Å². The summed E-state index contributed by atoms with van der Waals surface area (Å²) < 4.78 is 5.42. The van der Waals surface area contributed by atoms with Crippen molar-refractivity contribution in [3.05, 3.63) is 23.0 Å². The van der Waals surface area contributed by atoms with Gasteiger partial charge in [-0.1, -0.05) is 0 Å². The molecule has 0 saturated carbocycles. The number of pyridine rings is 1. The lowest BCUT2D eigenvalue weighted by Crippen LogP contribution is -2.22. The Labute approximate surface area is 119 Å². The maximum atomic E-state index is 10.7. The summed E-state index contributed by atoms with van der Waals surface area (Å²) >= 11 is 0. The first-order chi connectivity index (χ1) is 9.51. The van der Waals surface area contributed by atoms with Crippen LogP contribution in [0, 0.1) is 19.8 Å². The van der Waals surface area contributed by atoms with Gasteiger partial charge in [0.2, 0.25) is 0 Å². The quantitative estimate of drug-likeness (QED) is 0.892. The van der Waals surface area contributed by atoms with Gasteiger partial charge in [0.1, 0.15) is 5.75 Å². The molecule has 20 heavy (non-hydrogen) atoms. The minimum atomic E-state index is -0.705. The van der Waals surface area contributed by atoms with Crippen LogP contribution in [0.2, 0.25) is 0 Å². The highest BCUT2D eigenvalue weighted by Crippen LogP contribution is 2.27. The molecular weight excluding hydrogens is 256 g/mol. The third kappa shape index (κ3) is 3.28. The normalized spacial score (nSPS) is 19.2. The lowest BCUT2D eigenvalue weighted by molar-refractivity contribution is -0.138. The minimum Gasteiger partial charge on any atom is -0.496 e. The summed E-state index contributed by atoms with van der Waals surface area (Å²) in [5, 5.41) is 8.85. The van der Waals surface area contributed by atoms with Crippen LogP contribution in [0.25, 0.3) is 0 Å². The van der Waals surface area contributed by atoms with Crippen LogP contribution in [-0.2, 0) is 11.3 Å². The molecule has 0 bridgehead atoms. The first-order valence-corrected chi connectivity index (χ1v) is 6.94. The second-order valence-corrected chi connectivity index (χ2v) is 5.53. The molecule has 1 aromatic rings. The Kier molecular flexibility index (Phi) is 4.60. The highest BCUT2D eigenvalue weighted by molar-refractivity contribution is 5.67. The van der Waals surface area contributed by atoms with Gasteiger partial charge in [0, 0.05) is 36.8 Å². The first-order valence-electron chi connectivity index (χ1n) is 6.94. The van der Waals surface area contributed by atoms with Crippen LogP contribution < -0.4 is 4.74 Å². The number of carboxylic acid groups (broad SMARTS) is 1.